The van der Waals surface area contributed by atoms with Crippen LogP contribution in [0.4, 0.5) is 0 Å². The molecule has 0 unspecified atom stereocenters. The van der Waals surface area contributed by atoms with Crippen molar-refractivity contribution in [2.24, 2.45) is 28.7 Å². The van der Waals surface area contributed by atoms with Crippen molar-refractivity contribution in [2.75, 3.05) is 19.7 Å². The summed E-state index contributed by atoms with van der Waals surface area (Å²) in [6.45, 7) is 1.21. The number of unbranched alkanes of at least 4 members (excludes halogenated alkanes) is 3. The molecule has 0 aromatic carbocycles. The lowest BCUT2D eigenvalue weighted by atomic mass is 9.84. The van der Waals surface area contributed by atoms with E-state index in [1.54, 1.807) is 0 Å². The maximum atomic E-state index is 10.7. The molecule has 1 heterocycles. The average Bonchev–Trinajstić information content (AvgIpc) is 2.70. The summed E-state index contributed by atoms with van der Waals surface area (Å²) in [7, 11) is 0. The minimum Gasteiger partial charge on any atom is -0.389 e. The molecule has 0 bridgehead atoms. The second-order valence-electron chi connectivity index (χ2n) is 8.03. The Labute approximate surface area is 171 Å². The lowest BCUT2D eigenvalue weighted by Gasteiger charge is -2.46. The number of nitrogens with two attached hydrogens (primary N) is 5. The minimum absolute atomic E-state index is 0.0915. The monoisotopic (exact) mass is 421 g/mol. The van der Waals surface area contributed by atoms with Gasteiger partial charge in [0.2, 0.25) is 0 Å². The van der Waals surface area contributed by atoms with Gasteiger partial charge in [0.25, 0.3) is 0 Å². The SMILES string of the molecule is NCCCCCCO[C@H]1[C@H](O)[C@@H](N)[C@@H](O[C@H]2[C@H](O)[C@@H](O)[C@H](N)C[C@@H]2N)O[C@@H]1CN. The second kappa shape index (κ2) is 11.8. The van der Waals surface area contributed by atoms with Crippen LogP contribution in [-0.4, -0.2) is 96.1 Å². The lowest BCUT2D eigenvalue weighted by Crippen LogP contribution is -2.67. The highest BCUT2D eigenvalue weighted by atomic mass is 16.7. The lowest BCUT2D eigenvalue weighted by molar-refractivity contribution is -0.293. The highest BCUT2D eigenvalue weighted by Crippen LogP contribution is 2.28. The number of ether oxygens (including phenoxy) is 3. The van der Waals surface area contributed by atoms with Crippen molar-refractivity contribution in [3.8, 4) is 0 Å². The first-order chi connectivity index (χ1) is 13.8. The van der Waals surface area contributed by atoms with Crippen molar-refractivity contribution >= 4 is 0 Å². The van der Waals surface area contributed by atoms with Crippen LogP contribution < -0.4 is 28.7 Å². The molecule has 11 heteroatoms. The van der Waals surface area contributed by atoms with Gasteiger partial charge in [0.15, 0.2) is 6.29 Å². The van der Waals surface area contributed by atoms with Crippen molar-refractivity contribution < 1.29 is 29.5 Å². The first-order valence-corrected chi connectivity index (χ1v) is 10.4. The largest absolute Gasteiger partial charge is 0.389 e. The fourth-order valence-electron chi connectivity index (χ4n) is 3.90. The summed E-state index contributed by atoms with van der Waals surface area (Å²) < 4.78 is 17.4. The van der Waals surface area contributed by atoms with Crippen LogP contribution in [0.2, 0.25) is 0 Å². The van der Waals surface area contributed by atoms with Gasteiger partial charge in [0.1, 0.15) is 30.5 Å². The van der Waals surface area contributed by atoms with Crippen molar-refractivity contribution in [3.63, 3.8) is 0 Å². The van der Waals surface area contributed by atoms with Crippen molar-refractivity contribution in [1.29, 1.82) is 0 Å². The molecule has 0 spiro atoms. The summed E-state index contributed by atoms with van der Waals surface area (Å²) in [6, 6.07) is -2.20. The average molecular weight is 422 g/mol. The van der Waals surface area contributed by atoms with E-state index in [1.165, 1.54) is 0 Å². The summed E-state index contributed by atoms with van der Waals surface area (Å²) in [6.07, 6.45) is -2.79. The Hall–Kier alpha value is -0.440. The Balaban J connectivity index is 1.92. The molecule has 0 aromatic heterocycles. The van der Waals surface area contributed by atoms with E-state index in [4.69, 9.17) is 42.9 Å². The van der Waals surface area contributed by atoms with Gasteiger partial charge in [0.05, 0.1) is 12.1 Å². The molecule has 29 heavy (non-hydrogen) atoms. The van der Waals surface area contributed by atoms with E-state index in [0.717, 1.165) is 25.7 Å². The van der Waals surface area contributed by atoms with Gasteiger partial charge in [0, 0.05) is 25.2 Å². The van der Waals surface area contributed by atoms with E-state index in [9.17, 15) is 15.3 Å². The molecule has 2 rings (SSSR count). The fourth-order valence-corrected chi connectivity index (χ4v) is 3.90. The van der Waals surface area contributed by atoms with E-state index in [0.29, 0.717) is 13.2 Å². The Morgan fingerprint density at radius 2 is 1.52 bits per heavy atom. The molecular formula is C18H39N5O6. The molecular weight excluding hydrogens is 382 g/mol. The standard InChI is InChI=1S/C18H39N5O6/c19-5-3-1-2-4-6-27-17-11(8-20)28-18(12(23)14(17)25)29-16-10(22)7-9(21)13(24)15(16)26/h9-18,24-26H,1-8,19-23H2/t9-,10+,11-,12-,13+,14-,15-,16-,17-,18-/m1/s1. The Bertz CT molecular complexity index is 476. The van der Waals surface area contributed by atoms with E-state index in [2.05, 4.69) is 0 Å². The molecule has 0 aromatic rings. The van der Waals surface area contributed by atoms with Crippen LogP contribution in [0.5, 0.6) is 0 Å². The third-order valence-electron chi connectivity index (χ3n) is 5.74. The van der Waals surface area contributed by atoms with E-state index in [1.807, 2.05) is 0 Å². The third-order valence-corrected chi connectivity index (χ3v) is 5.74. The molecule has 13 N–H and O–H groups in total. The van der Waals surface area contributed by atoms with Gasteiger partial charge >= 0.3 is 0 Å². The number of aliphatic hydroxyl groups excluding tert-OH is 3. The molecule has 1 saturated heterocycles. The quantitative estimate of drug-likeness (QED) is 0.161. The molecule has 10 atom stereocenters. The molecule has 1 saturated carbocycles. The maximum Gasteiger partial charge on any atom is 0.176 e. The van der Waals surface area contributed by atoms with Gasteiger partial charge in [-0.25, -0.2) is 0 Å². The number of rotatable bonds is 10. The van der Waals surface area contributed by atoms with Crippen LogP contribution in [0.25, 0.3) is 0 Å². The van der Waals surface area contributed by atoms with Crippen LogP contribution in [0, 0.1) is 0 Å². The Morgan fingerprint density at radius 3 is 2.17 bits per heavy atom. The van der Waals surface area contributed by atoms with Crippen LogP contribution in [0.15, 0.2) is 0 Å². The summed E-state index contributed by atoms with van der Waals surface area (Å²) in [4.78, 5) is 0. The summed E-state index contributed by atoms with van der Waals surface area (Å²) in [5.41, 5.74) is 29.2. The number of hydrogen-bond donors (Lipinski definition) is 8. The second-order valence-corrected chi connectivity index (χ2v) is 8.03. The minimum atomic E-state index is -1.29. The first kappa shape index (κ1) is 24.8. The first-order valence-electron chi connectivity index (χ1n) is 10.4. The predicted molar refractivity (Wildman–Crippen MR) is 106 cm³/mol. The smallest absolute Gasteiger partial charge is 0.176 e. The molecule has 11 nitrogen and oxygen atoms in total. The molecule has 1 aliphatic carbocycles. The van der Waals surface area contributed by atoms with Gasteiger partial charge in [-0.15, -0.1) is 0 Å². The van der Waals surface area contributed by atoms with Gasteiger partial charge < -0.3 is 58.2 Å². The summed E-state index contributed by atoms with van der Waals surface area (Å²) >= 11 is 0. The van der Waals surface area contributed by atoms with Crippen LogP contribution in [0.3, 0.4) is 0 Å². The normalized spacial score (nSPS) is 43.4. The van der Waals surface area contributed by atoms with Crippen LogP contribution >= 0.6 is 0 Å². The van der Waals surface area contributed by atoms with E-state index >= 15 is 0 Å². The fraction of sp³-hybridized carbons (Fsp3) is 1.00. The molecule has 0 radical (unpaired) electrons. The van der Waals surface area contributed by atoms with Crippen molar-refractivity contribution in [3.05, 3.63) is 0 Å². The highest BCUT2D eigenvalue weighted by molar-refractivity contribution is 4.99. The zero-order chi connectivity index (χ0) is 21.6. The zero-order valence-corrected chi connectivity index (χ0v) is 16.9. The van der Waals surface area contributed by atoms with Gasteiger partial charge in [-0.3, -0.25) is 0 Å². The summed E-state index contributed by atoms with van der Waals surface area (Å²) in [5.74, 6) is 0. The van der Waals surface area contributed by atoms with E-state index in [-0.39, 0.29) is 13.0 Å². The van der Waals surface area contributed by atoms with Gasteiger partial charge in [-0.2, -0.15) is 0 Å². The van der Waals surface area contributed by atoms with Gasteiger partial charge in [-0.1, -0.05) is 12.8 Å². The molecule has 1 aliphatic heterocycles. The third kappa shape index (κ3) is 6.28. The molecule has 172 valence electrons. The van der Waals surface area contributed by atoms with Crippen molar-refractivity contribution in [1.82, 2.24) is 0 Å². The molecule has 2 fully saturated rings. The Morgan fingerprint density at radius 1 is 0.828 bits per heavy atom. The van der Waals surface area contributed by atoms with E-state index < -0.39 is 61.0 Å². The zero-order valence-electron chi connectivity index (χ0n) is 16.9. The highest BCUT2D eigenvalue weighted by Gasteiger charge is 2.48. The van der Waals surface area contributed by atoms with Gasteiger partial charge in [-0.05, 0) is 25.8 Å². The molecule has 2 aliphatic rings. The molecule has 0 amide bonds. The topological polar surface area (TPSA) is 218 Å². The van der Waals surface area contributed by atoms with Crippen molar-refractivity contribution in [2.45, 2.75) is 93.1 Å². The Kier molecular flexibility index (Phi) is 10.1. The summed E-state index contributed by atoms with van der Waals surface area (Å²) in [5, 5.41) is 31.0. The maximum absolute atomic E-state index is 10.7. The number of aliphatic hydroxyl groups is 3. The van der Waals surface area contributed by atoms with Crippen LogP contribution in [0.1, 0.15) is 32.1 Å². The predicted octanol–water partition coefficient (Wildman–Crippen LogP) is -3.57. The number of hydrogen-bond acceptors (Lipinski definition) is 11. The van der Waals surface area contributed by atoms with Crippen LogP contribution in [-0.2, 0) is 14.2 Å².